The summed E-state index contributed by atoms with van der Waals surface area (Å²) in [6.07, 6.45) is 30.5. The van der Waals surface area contributed by atoms with E-state index in [0.29, 0.717) is 13.0 Å². The lowest BCUT2D eigenvalue weighted by molar-refractivity contribution is -0.148. The third-order valence-corrected chi connectivity index (χ3v) is 8.64. The van der Waals surface area contributed by atoms with Crippen LogP contribution >= 0.6 is 0 Å². The molecule has 0 saturated heterocycles. The number of esters is 1. The van der Waals surface area contributed by atoms with Crippen molar-refractivity contribution >= 4 is 5.97 Å². The molecule has 3 heteroatoms. The molecule has 43 heavy (non-hydrogen) atoms. The maximum absolute atomic E-state index is 12.3. The topological polar surface area (TPSA) is 35.5 Å². The van der Waals surface area contributed by atoms with Crippen molar-refractivity contribution in [3.63, 3.8) is 0 Å². The van der Waals surface area contributed by atoms with E-state index < -0.39 is 0 Å². The normalized spacial score (nSPS) is 11.9. The van der Waals surface area contributed by atoms with Gasteiger partial charge in [0.1, 0.15) is 18.5 Å². The summed E-state index contributed by atoms with van der Waals surface area (Å²) in [4.78, 5) is 12.3. The molecule has 2 aromatic rings. The molecule has 0 amide bonds. The van der Waals surface area contributed by atoms with Crippen molar-refractivity contribution in [2.45, 2.75) is 174 Å². The van der Waals surface area contributed by atoms with Gasteiger partial charge >= 0.3 is 5.97 Å². The lowest BCUT2D eigenvalue weighted by atomic mass is 10.0. The predicted molar refractivity (Wildman–Crippen MR) is 184 cm³/mol. The fourth-order valence-corrected chi connectivity index (χ4v) is 5.78. The second-order valence-corrected chi connectivity index (χ2v) is 12.7. The Kier molecular flexibility index (Phi) is 22.4. The molecule has 0 fully saturated rings. The summed E-state index contributed by atoms with van der Waals surface area (Å²) in [6.45, 7) is 4.78. The molecule has 3 nitrogen and oxygen atoms in total. The molecule has 0 aliphatic carbocycles. The van der Waals surface area contributed by atoms with E-state index in [4.69, 9.17) is 9.47 Å². The van der Waals surface area contributed by atoms with Crippen molar-refractivity contribution < 1.29 is 14.3 Å². The van der Waals surface area contributed by atoms with Gasteiger partial charge in [-0.1, -0.05) is 184 Å². The quantitative estimate of drug-likeness (QED) is 0.0728. The van der Waals surface area contributed by atoms with E-state index in [0.717, 1.165) is 29.7 Å². The molecule has 2 aromatic carbocycles. The van der Waals surface area contributed by atoms with Crippen LogP contribution in [0.1, 0.15) is 179 Å². The Labute approximate surface area is 265 Å². The molecule has 0 aliphatic rings. The van der Waals surface area contributed by atoms with Crippen LogP contribution in [0.3, 0.4) is 0 Å². The molecule has 1 unspecified atom stereocenters. The molecular formula is C40H64O3. The van der Waals surface area contributed by atoms with Crippen LogP contribution in [-0.2, 0) is 16.1 Å². The van der Waals surface area contributed by atoms with Crippen LogP contribution in [0.5, 0.6) is 5.75 Å². The summed E-state index contributed by atoms with van der Waals surface area (Å²) in [5, 5.41) is 0. The maximum atomic E-state index is 12.3. The first-order chi connectivity index (χ1) is 21.2. The summed E-state index contributed by atoms with van der Waals surface area (Å²) in [5.41, 5.74) is 2.14. The zero-order valence-electron chi connectivity index (χ0n) is 28.0. The molecule has 0 aromatic heterocycles. The minimum Gasteiger partial charge on any atom is -0.489 e. The van der Waals surface area contributed by atoms with E-state index in [2.05, 4.69) is 19.1 Å². The number of carbonyl (C=O) groups excluding carboxylic acids is 1. The Morgan fingerprint density at radius 1 is 0.558 bits per heavy atom. The Hall–Kier alpha value is -2.29. The van der Waals surface area contributed by atoms with Crippen molar-refractivity contribution in [1.29, 1.82) is 0 Å². The average molecular weight is 593 g/mol. The van der Waals surface area contributed by atoms with Crippen molar-refractivity contribution in [2.24, 2.45) is 0 Å². The van der Waals surface area contributed by atoms with Gasteiger partial charge in [-0.15, -0.1) is 0 Å². The molecule has 0 spiro atoms. The third kappa shape index (κ3) is 20.3. The molecule has 242 valence electrons. The Morgan fingerprint density at radius 3 is 1.42 bits per heavy atom. The van der Waals surface area contributed by atoms with Gasteiger partial charge in [0, 0.05) is 6.42 Å². The number of unbranched alkanes of at least 4 members (excludes halogenated alkanes) is 21. The van der Waals surface area contributed by atoms with Crippen LogP contribution in [-0.4, -0.2) is 5.97 Å². The SMILES string of the molecule is CCCCCCCCCCCCCCCCCCCCCCCCC(=O)OC(C)c1ccc(OCc2ccccc2)cc1. The predicted octanol–water partition coefficient (Wildman–Crippen LogP) is 12.9. The van der Waals surface area contributed by atoms with Crippen molar-refractivity contribution in [2.75, 3.05) is 0 Å². The number of rotatable bonds is 28. The zero-order valence-corrected chi connectivity index (χ0v) is 28.0. The molecule has 0 bridgehead atoms. The van der Waals surface area contributed by atoms with Crippen LogP contribution in [0.15, 0.2) is 54.6 Å². The first-order valence-corrected chi connectivity index (χ1v) is 18.1. The van der Waals surface area contributed by atoms with Gasteiger partial charge in [-0.25, -0.2) is 0 Å². The second-order valence-electron chi connectivity index (χ2n) is 12.7. The van der Waals surface area contributed by atoms with E-state index in [1.807, 2.05) is 49.4 Å². The fourth-order valence-electron chi connectivity index (χ4n) is 5.78. The van der Waals surface area contributed by atoms with Gasteiger partial charge in [0.25, 0.3) is 0 Å². The fraction of sp³-hybridized carbons (Fsp3) is 0.675. The number of hydrogen-bond acceptors (Lipinski definition) is 3. The maximum Gasteiger partial charge on any atom is 0.306 e. The first kappa shape index (κ1) is 36.9. The molecule has 2 rings (SSSR count). The first-order valence-electron chi connectivity index (χ1n) is 18.1. The van der Waals surface area contributed by atoms with Gasteiger partial charge < -0.3 is 9.47 Å². The van der Waals surface area contributed by atoms with Gasteiger partial charge in [-0.05, 0) is 36.6 Å². The molecule has 0 radical (unpaired) electrons. The van der Waals surface area contributed by atoms with Crippen molar-refractivity contribution in [1.82, 2.24) is 0 Å². The number of ether oxygens (including phenoxy) is 2. The van der Waals surface area contributed by atoms with Gasteiger partial charge in [-0.3, -0.25) is 4.79 Å². The van der Waals surface area contributed by atoms with Crippen LogP contribution in [0, 0.1) is 0 Å². The van der Waals surface area contributed by atoms with E-state index >= 15 is 0 Å². The van der Waals surface area contributed by atoms with Crippen molar-refractivity contribution in [3.8, 4) is 5.75 Å². The largest absolute Gasteiger partial charge is 0.489 e. The number of hydrogen-bond donors (Lipinski definition) is 0. The minimum absolute atomic E-state index is 0.0925. The summed E-state index contributed by atoms with van der Waals surface area (Å²) >= 11 is 0. The zero-order chi connectivity index (χ0) is 30.6. The highest BCUT2D eigenvalue weighted by Crippen LogP contribution is 2.22. The molecular weight excluding hydrogens is 528 g/mol. The lowest BCUT2D eigenvalue weighted by Crippen LogP contribution is -2.08. The van der Waals surface area contributed by atoms with E-state index in [1.54, 1.807) is 0 Å². The molecule has 0 heterocycles. The van der Waals surface area contributed by atoms with Gasteiger partial charge in [-0.2, -0.15) is 0 Å². The van der Waals surface area contributed by atoms with Crippen LogP contribution in [0.25, 0.3) is 0 Å². The Bertz CT molecular complexity index is 892. The average Bonchev–Trinajstić information content (AvgIpc) is 3.03. The monoisotopic (exact) mass is 592 g/mol. The van der Waals surface area contributed by atoms with E-state index in [1.165, 1.54) is 128 Å². The number of benzene rings is 2. The smallest absolute Gasteiger partial charge is 0.306 e. The van der Waals surface area contributed by atoms with Gasteiger partial charge in [0.2, 0.25) is 0 Å². The molecule has 1 atom stereocenters. The highest BCUT2D eigenvalue weighted by Gasteiger charge is 2.12. The molecule has 0 N–H and O–H groups in total. The summed E-state index contributed by atoms with van der Waals surface area (Å²) in [5.74, 6) is 0.728. The summed E-state index contributed by atoms with van der Waals surface area (Å²) in [7, 11) is 0. The molecule has 0 saturated carbocycles. The van der Waals surface area contributed by atoms with Crippen molar-refractivity contribution in [3.05, 3.63) is 65.7 Å². The lowest BCUT2D eigenvalue weighted by Gasteiger charge is -2.14. The highest BCUT2D eigenvalue weighted by molar-refractivity contribution is 5.69. The van der Waals surface area contributed by atoms with Crippen LogP contribution in [0.4, 0.5) is 0 Å². The molecule has 0 aliphatic heterocycles. The van der Waals surface area contributed by atoms with Gasteiger partial charge in [0.05, 0.1) is 0 Å². The third-order valence-electron chi connectivity index (χ3n) is 8.64. The minimum atomic E-state index is -0.240. The standard InChI is InChI=1S/C40H64O3/c1-3-4-5-6-7-8-9-10-11-12-13-14-15-16-17-18-19-20-21-22-23-27-30-40(41)43-36(2)38-31-33-39(34-32-38)42-35-37-28-25-24-26-29-37/h24-26,28-29,31-34,36H,3-23,27,30,35H2,1-2H3. The van der Waals surface area contributed by atoms with Crippen LogP contribution < -0.4 is 4.74 Å². The summed E-state index contributed by atoms with van der Waals surface area (Å²) in [6, 6.07) is 18.0. The highest BCUT2D eigenvalue weighted by atomic mass is 16.5. The summed E-state index contributed by atoms with van der Waals surface area (Å²) < 4.78 is 11.5. The Balaban J connectivity index is 1.32. The second kappa shape index (κ2) is 26.1. The van der Waals surface area contributed by atoms with Gasteiger partial charge in [0.15, 0.2) is 0 Å². The van der Waals surface area contributed by atoms with Crippen LogP contribution in [0.2, 0.25) is 0 Å². The van der Waals surface area contributed by atoms with E-state index in [-0.39, 0.29) is 12.1 Å². The number of carbonyl (C=O) groups is 1. The Morgan fingerprint density at radius 2 is 0.977 bits per heavy atom. The van der Waals surface area contributed by atoms with E-state index in [9.17, 15) is 4.79 Å².